The molecule has 1 heterocycles. The van der Waals surface area contributed by atoms with Crippen LogP contribution in [-0.2, 0) is 10.3 Å². The lowest BCUT2D eigenvalue weighted by atomic mass is 9.92. The number of hydrogen-bond acceptors (Lipinski definition) is 5. The van der Waals surface area contributed by atoms with Gasteiger partial charge in [0.2, 0.25) is 0 Å². The number of benzene rings is 2. The zero-order valence-electron chi connectivity index (χ0n) is 17.1. The second kappa shape index (κ2) is 8.13. The van der Waals surface area contributed by atoms with Crippen molar-refractivity contribution < 1.29 is 24.2 Å². The van der Waals surface area contributed by atoms with Gasteiger partial charge < -0.3 is 19.9 Å². The summed E-state index contributed by atoms with van der Waals surface area (Å²) in [6.07, 6.45) is -1.01. The molecule has 154 valence electrons. The van der Waals surface area contributed by atoms with Gasteiger partial charge in [-0.2, -0.15) is 0 Å². The third-order valence-electron chi connectivity index (χ3n) is 5.16. The number of aryl methyl sites for hydroxylation is 2. The molecule has 0 aliphatic carbocycles. The zero-order valence-corrected chi connectivity index (χ0v) is 17.1. The van der Waals surface area contributed by atoms with Crippen LogP contribution in [0.15, 0.2) is 42.5 Å². The Morgan fingerprint density at radius 1 is 1.10 bits per heavy atom. The van der Waals surface area contributed by atoms with Gasteiger partial charge in [0.05, 0.1) is 13.7 Å². The number of nitrogens with zero attached hydrogens (tertiary/aromatic N) is 1. The number of methoxy groups -OCH3 is 1. The molecule has 2 aromatic rings. The highest BCUT2D eigenvalue weighted by Gasteiger charge is 2.49. The number of aliphatic hydroxyl groups excluding tert-OH is 1. The fourth-order valence-corrected chi connectivity index (χ4v) is 3.45. The first-order chi connectivity index (χ1) is 13.8. The Morgan fingerprint density at radius 2 is 1.72 bits per heavy atom. The normalized spacial score (nSPS) is 19.8. The molecule has 0 spiro atoms. The van der Waals surface area contributed by atoms with E-state index < -0.39 is 23.6 Å². The van der Waals surface area contributed by atoms with Crippen molar-refractivity contribution in [2.75, 3.05) is 20.3 Å². The van der Waals surface area contributed by atoms with Crippen molar-refractivity contribution in [3.63, 3.8) is 0 Å². The number of amides is 3. The second-order valence-electron chi connectivity index (χ2n) is 7.39. The highest BCUT2D eigenvalue weighted by molar-refractivity contribution is 6.07. The van der Waals surface area contributed by atoms with E-state index in [-0.39, 0.29) is 13.2 Å². The second-order valence-corrected chi connectivity index (χ2v) is 7.39. The molecule has 1 aliphatic rings. The number of nitrogens with one attached hydrogen (secondary N) is 1. The number of urea groups is 1. The average molecular weight is 398 g/mol. The molecule has 7 heteroatoms. The molecule has 1 saturated heterocycles. The Balaban J connectivity index is 1.67. The molecule has 2 atom stereocenters. The van der Waals surface area contributed by atoms with E-state index in [1.54, 1.807) is 38.3 Å². The van der Waals surface area contributed by atoms with E-state index in [9.17, 15) is 14.7 Å². The van der Waals surface area contributed by atoms with Gasteiger partial charge >= 0.3 is 6.03 Å². The molecule has 1 fully saturated rings. The average Bonchev–Trinajstić information content (AvgIpc) is 2.91. The van der Waals surface area contributed by atoms with Crippen molar-refractivity contribution in [3.05, 3.63) is 59.2 Å². The third kappa shape index (κ3) is 4.05. The molecule has 0 saturated carbocycles. The van der Waals surface area contributed by atoms with Gasteiger partial charge in [-0.1, -0.05) is 30.3 Å². The van der Waals surface area contributed by atoms with Crippen LogP contribution in [0.1, 0.15) is 23.6 Å². The molecule has 3 rings (SSSR count). The lowest BCUT2D eigenvalue weighted by Gasteiger charge is -2.23. The minimum atomic E-state index is -1.20. The highest BCUT2D eigenvalue weighted by atomic mass is 16.5. The van der Waals surface area contributed by atoms with Gasteiger partial charge in [0.25, 0.3) is 5.91 Å². The summed E-state index contributed by atoms with van der Waals surface area (Å²) in [5.74, 6) is 0.940. The number of aliphatic hydroxyl groups is 1. The smallest absolute Gasteiger partial charge is 0.325 e. The standard InChI is InChI=1S/C22H26N2O5/c1-14-6-5-7-15(2)19(14)29-13-17(25)12-24-20(26)22(3,23-21(24)27)16-8-10-18(28-4)11-9-16/h5-11,17,25H,12-13H2,1-4H3,(H,23,27)/t17-,22-/m1/s1. The molecule has 0 bridgehead atoms. The number of imide groups is 1. The zero-order chi connectivity index (χ0) is 21.2. The van der Waals surface area contributed by atoms with E-state index in [4.69, 9.17) is 9.47 Å². The van der Waals surface area contributed by atoms with E-state index in [1.807, 2.05) is 32.0 Å². The summed E-state index contributed by atoms with van der Waals surface area (Å²) in [6, 6.07) is 12.2. The topological polar surface area (TPSA) is 88.1 Å². The summed E-state index contributed by atoms with van der Waals surface area (Å²) in [6.45, 7) is 5.32. The maximum Gasteiger partial charge on any atom is 0.325 e. The van der Waals surface area contributed by atoms with Crippen molar-refractivity contribution in [2.45, 2.75) is 32.4 Å². The van der Waals surface area contributed by atoms with Crippen LogP contribution in [0.3, 0.4) is 0 Å². The van der Waals surface area contributed by atoms with Gasteiger partial charge in [-0.3, -0.25) is 9.69 Å². The maximum absolute atomic E-state index is 13.0. The molecule has 0 unspecified atom stereocenters. The lowest BCUT2D eigenvalue weighted by molar-refractivity contribution is -0.132. The third-order valence-corrected chi connectivity index (χ3v) is 5.16. The van der Waals surface area contributed by atoms with Crippen molar-refractivity contribution in [1.29, 1.82) is 0 Å². The van der Waals surface area contributed by atoms with E-state index in [1.165, 1.54) is 0 Å². The van der Waals surface area contributed by atoms with Crippen molar-refractivity contribution >= 4 is 11.9 Å². The van der Waals surface area contributed by atoms with E-state index in [2.05, 4.69) is 5.32 Å². The Labute approximate surface area is 170 Å². The summed E-state index contributed by atoms with van der Waals surface area (Å²) < 4.78 is 10.9. The molecule has 2 N–H and O–H groups in total. The van der Waals surface area contributed by atoms with E-state index >= 15 is 0 Å². The number of para-hydroxylation sites is 1. The quantitative estimate of drug-likeness (QED) is 0.700. The molecule has 3 amide bonds. The van der Waals surface area contributed by atoms with Crippen molar-refractivity contribution in [2.24, 2.45) is 0 Å². The van der Waals surface area contributed by atoms with Crippen LogP contribution in [-0.4, -0.2) is 48.3 Å². The van der Waals surface area contributed by atoms with Crippen LogP contribution >= 0.6 is 0 Å². The van der Waals surface area contributed by atoms with Crippen LogP contribution in [0.5, 0.6) is 11.5 Å². The minimum Gasteiger partial charge on any atom is -0.497 e. The van der Waals surface area contributed by atoms with Gasteiger partial charge in [-0.25, -0.2) is 4.79 Å². The molecule has 7 nitrogen and oxygen atoms in total. The predicted octanol–water partition coefficient (Wildman–Crippen LogP) is 2.52. The summed E-state index contributed by atoms with van der Waals surface area (Å²) in [5, 5.41) is 13.1. The molecule has 0 radical (unpaired) electrons. The van der Waals surface area contributed by atoms with Crippen molar-refractivity contribution in [1.82, 2.24) is 10.2 Å². The number of hydrogen-bond donors (Lipinski definition) is 2. The van der Waals surface area contributed by atoms with Crippen molar-refractivity contribution in [3.8, 4) is 11.5 Å². The molecular weight excluding hydrogens is 372 g/mol. The first kappa shape index (κ1) is 20.7. The Morgan fingerprint density at radius 3 is 2.31 bits per heavy atom. The molecule has 29 heavy (non-hydrogen) atoms. The molecule has 2 aromatic carbocycles. The summed E-state index contributed by atoms with van der Waals surface area (Å²) >= 11 is 0. The van der Waals surface area contributed by atoms with Gasteiger partial charge in [0.15, 0.2) is 0 Å². The monoisotopic (exact) mass is 398 g/mol. The van der Waals surface area contributed by atoms with Crippen LogP contribution in [0.4, 0.5) is 4.79 Å². The van der Waals surface area contributed by atoms with Crippen LogP contribution in [0.2, 0.25) is 0 Å². The Hall–Kier alpha value is -3.06. The van der Waals surface area contributed by atoms with Gasteiger partial charge in [-0.15, -0.1) is 0 Å². The van der Waals surface area contributed by atoms with E-state index in [0.29, 0.717) is 17.1 Å². The van der Waals surface area contributed by atoms with Crippen LogP contribution in [0, 0.1) is 13.8 Å². The summed E-state index contributed by atoms with van der Waals surface area (Å²) in [5.41, 5.74) is 1.36. The van der Waals surface area contributed by atoms with Gasteiger partial charge in [0.1, 0.15) is 29.7 Å². The first-order valence-electron chi connectivity index (χ1n) is 9.42. The largest absolute Gasteiger partial charge is 0.497 e. The summed E-state index contributed by atoms with van der Waals surface area (Å²) in [7, 11) is 1.56. The van der Waals surface area contributed by atoms with Crippen LogP contribution in [0.25, 0.3) is 0 Å². The highest BCUT2D eigenvalue weighted by Crippen LogP contribution is 2.30. The van der Waals surface area contributed by atoms with Gasteiger partial charge in [0, 0.05) is 0 Å². The number of ether oxygens (including phenoxy) is 2. The molecule has 1 aliphatic heterocycles. The fraction of sp³-hybridized carbons (Fsp3) is 0.364. The lowest BCUT2D eigenvalue weighted by Crippen LogP contribution is -2.42. The molecule has 0 aromatic heterocycles. The van der Waals surface area contributed by atoms with E-state index in [0.717, 1.165) is 16.0 Å². The Kier molecular flexibility index (Phi) is 5.79. The number of β-amino-alcohol motifs (C(OH)–C–C–N with tert-alkyl or cyclic N) is 1. The molecular formula is C22H26N2O5. The Bertz CT molecular complexity index is 892. The fourth-order valence-electron chi connectivity index (χ4n) is 3.45. The summed E-state index contributed by atoms with van der Waals surface area (Å²) in [4.78, 5) is 26.4. The maximum atomic E-state index is 13.0. The number of carbonyl (C=O) groups excluding carboxylic acids is 2. The SMILES string of the molecule is COc1ccc([C@@]2(C)NC(=O)N(C[C@@H](O)COc3c(C)cccc3C)C2=O)cc1. The number of carbonyl (C=O) groups is 2. The predicted molar refractivity (Wildman–Crippen MR) is 108 cm³/mol. The first-order valence-corrected chi connectivity index (χ1v) is 9.42. The van der Waals surface area contributed by atoms with Gasteiger partial charge in [-0.05, 0) is 49.6 Å². The minimum absolute atomic E-state index is 0.0258. The number of rotatable bonds is 7. The van der Waals surface area contributed by atoms with Crippen LogP contribution < -0.4 is 14.8 Å².